The molecule has 1 rings (SSSR count). The summed E-state index contributed by atoms with van der Waals surface area (Å²) in [6.45, 7) is 2.94. The summed E-state index contributed by atoms with van der Waals surface area (Å²) in [7, 11) is 0. The molecule has 0 spiro atoms. The number of unbranched alkanes of at least 4 members (excludes halogenated alkanes) is 4. The van der Waals surface area contributed by atoms with Crippen molar-refractivity contribution in [2.24, 2.45) is 5.73 Å². The number of hydrogen-bond acceptors (Lipinski definition) is 2. The first-order chi connectivity index (χ1) is 9.24. The number of carbonyl (C=O) groups excluding carboxylic acids is 1. The lowest BCUT2D eigenvalue weighted by molar-refractivity contribution is -0.122. The first-order valence-corrected chi connectivity index (χ1v) is 7.31. The van der Waals surface area contributed by atoms with Crippen LogP contribution in [0.4, 0.5) is 0 Å². The van der Waals surface area contributed by atoms with Gasteiger partial charge in [0, 0.05) is 6.54 Å². The van der Waals surface area contributed by atoms with Gasteiger partial charge in [-0.25, -0.2) is 0 Å². The predicted octanol–water partition coefficient (Wildman–Crippen LogP) is 2.64. The Bertz CT molecular complexity index is 351. The summed E-state index contributed by atoms with van der Waals surface area (Å²) in [5, 5.41) is 2.92. The second-order valence-corrected chi connectivity index (χ2v) is 5.00. The van der Waals surface area contributed by atoms with Gasteiger partial charge in [-0.1, -0.05) is 62.9 Å². The number of amides is 1. The number of benzene rings is 1. The number of nitrogens with one attached hydrogen (secondary N) is 1. The van der Waals surface area contributed by atoms with E-state index in [1.807, 2.05) is 30.3 Å². The molecule has 0 aliphatic carbocycles. The summed E-state index contributed by atoms with van der Waals surface area (Å²) in [5.41, 5.74) is 7.00. The monoisotopic (exact) mass is 262 g/mol. The molecule has 3 nitrogen and oxygen atoms in total. The summed E-state index contributed by atoms with van der Waals surface area (Å²) >= 11 is 0. The molecule has 1 aromatic rings. The Morgan fingerprint density at radius 2 is 1.84 bits per heavy atom. The van der Waals surface area contributed by atoms with Gasteiger partial charge in [0.1, 0.15) is 0 Å². The van der Waals surface area contributed by atoms with Crippen LogP contribution in [0.3, 0.4) is 0 Å². The molecule has 0 aliphatic rings. The van der Waals surface area contributed by atoms with Crippen LogP contribution in [0.5, 0.6) is 0 Å². The molecule has 0 saturated heterocycles. The van der Waals surface area contributed by atoms with Crippen molar-refractivity contribution in [2.75, 3.05) is 6.54 Å². The molecule has 0 aromatic heterocycles. The Hall–Kier alpha value is -1.35. The van der Waals surface area contributed by atoms with E-state index in [0.29, 0.717) is 6.42 Å². The van der Waals surface area contributed by atoms with Crippen molar-refractivity contribution in [3.63, 3.8) is 0 Å². The maximum atomic E-state index is 11.8. The number of carbonyl (C=O) groups is 1. The average Bonchev–Trinajstić information content (AvgIpc) is 2.43. The van der Waals surface area contributed by atoms with Crippen LogP contribution in [0.25, 0.3) is 0 Å². The third-order valence-electron chi connectivity index (χ3n) is 3.21. The van der Waals surface area contributed by atoms with Crippen molar-refractivity contribution in [1.82, 2.24) is 5.32 Å². The molecule has 106 valence electrons. The van der Waals surface area contributed by atoms with Crippen LogP contribution in [0.15, 0.2) is 30.3 Å². The summed E-state index contributed by atoms with van der Waals surface area (Å²) in [6, 6.07) is 9.45. The van der Waals surface area contributed by atoms with Gasteiger partial charge in [0.05, 0.1) is 6.04 Å². The van der Waals surface area contributed by atoms with Gasteiger partial charge in [0.25, 0.3) is 0 Å². The minimum atomic E-state index is -0.446. The first kappa shape index (κ1) is 15.7. The molecule has 3 heteroatoms. The highest BCUT2D eigenvalue weighted by atomic mass is 16.2. The van der Waals surface area contributed by atoms with Gasteiger partial charge < -0.3 is 11.1 Å². The van der Waals surface area contributed by atoms with Crippen molar-refractivity contribution >= 4 is 5.91 Å². The van der Waals surface area contributed by atoms with E-state index in [4.69, 9.17) is 5.73 Å². The Kier molecular flexibility index (Phi) is 7.91. The van der Waals surface area contributed by atoms with Crippen molar-refractivity contribution in [2.45, 2.75) is 51.5 Å². The van der Waals surface area contributed by atoms with E-state index in [2.05, 4.69) is 12.2 Å². The zero-order valence-electron chi connectivity index (χ0n) is 11.9. The maximum Gasteiger partial charge on any atom is 0.237 e. The van der Waals surface area contributed by atoms with E-state index < -0.39 is 6.04 Å². The summed E-state index contributed by atoms with van der Waals surface area (Å²) in [5.74, 6) is -0.0423. The van der Waals surface area contributed by atoms with Gasteiger partial charge in [0.2, 0.25) is 5.91 Å². The van der Waals surface area contributed by atoms with Gasteiger partial charge >= 0.3 is 0 Å². The summed E-state index contributed by atoms with van der Waals surface area (Å²) < 4.78 is 0. The molecule has 0 bridgehead atoms. The van der Waals surface area contributed by atoms with Crippen molar-refractivity contribution < 1.29 is 4.79 Å². The largest absolute Gasteiger partial charge is 0.355 e. The molecule has 1 amide bonds. The second-order valence-electron chi connectivity index (χ2n) is 5.00. The Balaban J connectivity index is 2.15. The third-order valence-corrected chi connectivity index (χ3v) is 3.21. The molecule has 0 fully saturated rings. The van der Waals surface area contributed by atoms with Gasteiger partial charge in [-0.05, 0) is 18.4 Å². The zero-order chi connectivity index (χ0) is 13.9. The molecule has 1 atom stereocenters. The first-order valence-electron chi connectivity index (χ1n) is 7.31. The molecular formula is C16H26N2O. The minimum Gasteiger partial charge on any atom is -0.355 e. The summed E-state index contributed by atoms with van der Waals surface area (Å²) in [6.07, 6.45) is 6.60. The third kappa shape index (κ3) is 6.97. The molecule has 0 saturated carbocycles. The fraction of sp³-hybridized carbons (Fsp3) is 0.562. The molecule has 3 N–H and O–H groups in total. The van der Waals surface area contributed by atoms with Gasteiger partial charge in [-0.3, -0.25) is 4.79 Å². The molecular weight excluding hydrogens is 236 g/mol. The molecule has 0 heterocycles. The maximum absolute atomic E-state index is 11.8. The SMILES string of the molecule is CCCCCCCNC(=O)[C@@H](N)Cc1ccccc1. The van der Waals surface area contributed by atoms with Gasteiger partial charge in [-0.15, -0.1) is 0 Å². The highest BCUT2D eigenvalue weighted by Gasteiger charge is 2.12. The van der Waals surface area contributed by atoms with E-state index in [0.717, 1.165) is 18.5 Å². The van der Waals surface area contributed by atoms with Gasteiger partial charge in [-0.2, -0.15) is 0 Å². The van der Waals surface area contributed by atoms with E-state index in [1.54, 1.807) is 0 Å². The van der Waals surface area contributed by atoms with Crippen LogP contribution < -0.4 is 11.1 Å². The van der Waals surface area contributed by atoms with Crippen LogP contribution in [-0.4, -0.2) is 18.5 Å². The molecule has 0 aliphatic heterocycles. The lowest BCUT2D eigenvalue weighted by Crippen LogP contribution is -2.42. The van der Waals surface area contributed by atoms with Gasteiger partial charge in [0.15, 0.2) is 0 Å². The number of hydrogen-bond donors (Lipinski definition) is 2. The normalized spacial score (nSPS) is 12.1. The topological polar surface area (TPSA) is 55.1 Å². The van der Waals surface area contributed by atoms with E-state index in [1.165, 1.54) is 25.7 Å². The van der Waals surface area contributed by atoms with E-state index in [-0.39, 0.29) is 5.91 Å². The average molecular weight is 262 g/mol. The van der Waals surface area contributed by atoms with Crippen LogP contribution >= 0.6 is 0 Å². The summed E-state index contributed by atoms with van der Waals surface area (Å²) in [4.78, 5) is 11.8. The molecule has 0 radical (unpaired) electrons. The van der Waals surface area contributed by atoms with E-state index >= 15 is 0 Å². The standard InChI is InChI=1S/C16H26N2O/c1-2-3-4-5-9-12-18-16(19)15(17)13-14-10-7-6-8-11-14/h6-8,10-11,15H,2-5,9,12-13,17H2,1H3,(H,18,19)/t15-/m0/s1. The lowest BCUT2D eigenvalue weighted by atomic mass is 10.1. The number of rotatable bonds is 9. The smallest absolute Gasteiger partial charge is 0.237 e. The van der Waals surface area contributed by atoms with Crippen molar-refractivity contribution in [3.05, 3.63) is 35.9 Å². The minimum absolute atomic E-state index is 0.0423. The Labute approximate surface area is 116 Å². The van der Waals surface area contributed by atoms with Crippen LogP contribution in [0.2, 0.25) is 0 Å². The quantitative estimate of drug-likeness (QED) is 0.672. The fourth-order valence-electron chi connectivity index (χ4n) is 2.03. The molecule has 0 unspecified atom stereocenters. The molecule has 1 aromatic carbocycles. The Morgan fingerprint density at radius 1 is 1.16 bits per heavy atom. The Morgan fingerprint density at radius 3 is 2.53 bits per heavy atom. The highest BCUT2D eigenvalue weighted by Crippen LogP contribution is 2.03. The van der Waals surface area contributed by atoms with Crippen molar-refractivity contribution in [1.29, 1.82) is 0 Å². The van der Waals surface area contributed by atoms with Crippen LogP contribution in [0.1, 0.15) is 44.6 Å². The second kappa shape index (κ2) is 9.56. The van der Waals surface area contributed by atoms with Crippen molar-refractivity contribution in [3.8, 4) is 0 Å². The van der Waals surface area contributed by atoms with E-state index in [9.17, 15) is 4.79 Å². The molecule has 19 heavy (non-hydrogen) atoms. The fourth-order valence-corrected chi connectivity index (χ4v) is 2.03. The van der Waals surface area contributed by atoms with Crippen LogP contribution in [-0.2, 0) is 11.2 Å². The lowest BCUT2D eigenvalue weighted by Gasteiger charge is -2.12. The van der Waals surface area contributed by atoms with Crippen LogP contribution in [0, 0.1) is 0 Å². The zero-order valence-corrected chi connectivity index (χ0v) is 11.9. The highest BCUT2D eigenvalue weighted by molar-refractivity contribution is 5.81. The predicted molar refractivity (Wildman–Crippen MR) is 79.9 cm³/mol. The number of nitrogens with two attached hydrogens (primary N) is 1.